The van der Waals surface area contributed by atoms with Gasteiger partial charge in [0.25, 0.3) is 0 Å². The topological polar surface area (TPSA) is 51.1 Å². The number of hydrogen-bond donors (Lipinski definition) is 1. The normalized spacial score (nSPS) is 19.7. The SMILES string of the molecule is O/N=C1/CC2(CCC2)Oc2cc(OCc3ccccc3)ccc21. The maximum atomic E-state index is 9.31. The lowest BCUT2D eigenvalue weighted by atomic mass is 9.74. The number of rotatable bonds is 3. The minimum atomic E-state index is -0.174. The van der Waals surface area contributed by atoms with Crippen LogP contribution in [0.1, 0.15) is 36.8 Å². The Bertz CT molecular complexity index is 736. The van der Waals surface area contributed by atoms with E-state index in [4.69, 9.17) is 9.47 Å². The Morgan fingerprint density at radius 3 is 2.65 bits per heavy atom. The molecule has 1 saturated carbocycles. The summed E-state index contributed by atoms with van der Waals surface area (Å²) in [6.45, 7) is 0.520. The van der Waals surface area contributed by atoms with Crippen molar-refractivity contribution in [2.75, 3.05) is 0 Å². The van der Waals surface area contributed by atoms with Crippen LogP contribution in [0.15, 0.2) is 53.7 Å². The van der Waals surface area contributed by atoms with Crippen molar-refractivity contribution in [3.05, 3.63) is 59.7 Å². The van der Waals surface area contributed by atoms with Crippen molar-refractivity contribution in [2.24, 2.45) is 5.16 Å². The number of ether oxygens (including phenoxy) is 2. The average molecular weight is 309 g/mol. The highest BCUT2D eigenvalue weighted by Crippen LogP contribution is 2.45. The van der Waals surface area contributed by atoms with Crippen molar-refractivity contribution in [1.29, 1.82) is 0 Å². The Labute approximate surface area is 135 Å². The molecule has 1 fully saturated rings. The first-order valence-corrected chi connectivity index (χ1v) is 7.99. The lowest BCUT2D eigenvalue weighted by Crippen LogP contribution is -2.47. The van der Waals surface area contributed by atoms with Gasteiger partial charge in [-0.25, -0.2) is 0 Å². The number of oxime groups is 1. The van der Waals surface area contributed by atoms with E-state index in [1.54, 1.807) is 0 Å². The molecule has 2 aromatic carbocycles. The summed E-state index contributed by atoms with van der Waals surface area (Å²) in [5.41, 5.74) is 2.52. The first-order valence-electron chi connectivity index (χ1n) is 7.99. The van der Waals surface area contributed by atoms with Gasteiger partial charge in [0, 0.05) is 18.1 Å². The summed E-state index contributed by atoms with van der Waals surface area (Å²) in [5, 5.41) is 12.8. The van der Waals surface area contributed by atoms with Gasteiger partial charge in [0.05, 0.1) is 5.71 Å². The highest BCUT2D eigenvalue weighted by molar-refractivity contribution is 6.04. The van der Waals surface area contributed by atoms with Gasteiger partial charge in [0.2, 0.25) is 0 Å². The van der Waals surface area contributed by atoms with E-state index in [9.17, 15) is 5.21 Å². The molecule has 0 bridgehead atoms. The molecule has 118 valence electrons. The molecule has 0 amide bonds. The molecule has 1 aliphatic heterocycles. The van der Waals surface area contributed by atoms with Crippen molar-refractivity contribution < 1.29 is 14.7 Å². The van der Waals surface area contributed by atoms with Crippen LogP contribution in [0.3, 0.4) is 0 Å². The first kappa shape index (κ1) is 14.1. The molecular formula is C19H19NO3. The first-order chi connectivity index (χ1) is 11.3. The molecular weight excluding hydrogens is 290 g/mol. The molecule has 2 aromatic rings. The van der Waals surface area contributed by atoms with Gasteiger partial charge in [-0.1, -0.05) is 35.5 Å². The van der Waals surface area contributed by atoms with E-state index >= 15 is 0 Å². The molecule has 4 rings (SSSR count). The molecule has 0 aromatic heterocycles. The van der Waals surface area contributed by atoms with Crippen LogP contribution in [-0.4, -0.2) is 16.5 Å². The quantitative estimate of drug-likeness (QED) is 0.684. The fraction of sp³-hybridized carbons (Fsp3) is 0.316. The molecule has 23 heavy (non-hydrogen) atoms. The standard InChI is InChI=1S/C19H19NO3/c21-20-17-12-19(9-4-10-19)23-18-11-15(7-8-16(17)18)22-13-14-5-2-1-3-6-14/h1-3,5-8,11,21H,4,9-10,12-13H2/b20-17-. The molecule has 0 atom stereocenters. The third kappa shape index (κ3) is 2.65. The summed E-state index contributed by atoms with van der Waals surface area (Å²) in [4.78, 5) is 0. The predicted octanol–water partition coefficient (Wildman–Crippen LogP) is 4.15. The fourth-order valence-electron chi connectivity index (χ4n) is 3.27. The highest BCUT2D eigenvalue weighted by atomic mass is 16.5. The van der Waals surface area contributed by atoms with E-state index in [2.05, 4.69) is 5.16 Å². The summed E-state index contributed by atoms with van der Waals surface area (Å²) in [7, 11) is 0. The second kappa shape index (κ2) is 5.61. The zero-order valence-corrected chi connectivity index (χ0v) is 12.9. The Morgan fingerprint density at radius 2 is 1.96 bits per heavy atom. The third-order valence-corrected chi connectivity index (χ3v) is 4.71. The van der Waals surface area contributed by atoms with Crippen molar-refractivity contribution in [2.45, 2.75) is 37.9 Å². The van der Waals surface area contributed by atoms with Gasteiger partial charge in [0.1, 0.15) is 23.7 Å². The summed E-state index contributed by atoms with van der Waals surface area (Å²) in [6, 6.07) is 15.8. The van der Waals surface area contributed by atoms with E-state index in [1.807, 2.05) is 48.5 Å². The summed E-state index contributed by atoms with van der Waals surface area (Å²) >= 11 is 0. The van der Waals surface area contributed by atoms with Gasteiger partial charge in [-0.15, -0.1) is 0 Å². The zero-order chi connectivity index (χ0) is 15.7. The van der Waals surface area contributed by atoms with Crippen LogP contribution in [0.5, 0.6) is 11.5 Å². The van der Waals surface area contributed by atoms with Crippen LogP contribution in [0.25, 0.3) is 0 Å². The van der Waals surface area contributed by atoms with Crippen molar-refractivity contribution >= 4 is 5.71 Å². The minimum absolute atomic E-state index is 0.174. The summed E-state index contributed by atoms with van der Waals surface area (Å²) in [5.74, 6) is 1.52. The molecule has 1 aliphatic carbocycles. The summed E-state index contributed by atoms with van der Waals surface area (Å²) < 4.78 is 12.1. The molecule has 4 nitrogen and oxygen atoms in total. The van der Waals surface area contributed by atoms with Gasteiger partial charge in [-0.05, 0) is 37.0 Å². The predicted molar refractivity (Wildman–Crippen MR) is 87.4 cm³/mol. The Morgan fingerprint density at radius 1 is 1.13 bits per heavy atom. The van der Waals surface area contributed by atoms with Gasteiger partial charge in [-0.3, -0.25) is 0 Å². The van der Waals surface area contributed by atoms with E-state index in [0.717, 1.165) is 41.9 Å². The molecule has 1 heterocycles. The molecule has 1 N–H and O–H groups in total. The Balaban J connectivity index is 1.56. The van der Waals surface area contributed by atoms with Crippen LogP contribution in [0, 0.1) is 0 Å². The fourth-order valence-corrected chi connectivity index (χ4v) is 3.27. The second-order valence-corrected chi connectivity index (χ2v) is 6.29. The van der Waals surface area contributed by atoms with Gasteiger partial charge < -0.3 is 14.7 Å². The van der Waals surface area contributed by atoms with Crippen molar-refractivity contribution in [3.8, 4) is 11.5 Å². The lowest BCUT2D eigenvalue weighted by Gasteiger charge is -2.45. The van der Waals surface area contributed by atoms with Crippen LogP contribution in [-0.2, 0) is 6.61 Å². The largest absolute Gasteiger partial charge is 0.489 e. The van der Waals surface area contributed by atoms with Gasteiger partial charge >= 0.3 is 0 Å². The maximum Gasteiger partial charge on any atom is 0.133 e. The minimum Gasteiger partial charge on any atom is -0.489 e. The third-order valence-electron chi connectivity index (χ3n) is 4.71. The van der Waals surface area contributed by atoms with E-state index in [1.165, 1.54) is 0 Å². The van der Waals surface area contributed by atoms with E-state index in [0.29, 0.717) is 18.7 Å². The molecule has 0 unspecified atom stereocenters. The molecule has 4 heteroatoms. The Hall–Kier alpha value is -2.49. The molecule has 1 spiro atoms. The lowest BCUT2D eigenvalue weighted by molar-refractivity contribution is -0.00564. The number of benzene rings is 2. The monoisotopic (exact) mass is 309 g/mol. The van der Waals surface area contributed by atoms with Gasteiger partial charge in [0.15, 0.2) is 0 Å². The zero-order valence-electron chi connectivity index (χ0n) is 12.9. The maximum absolute atomic E-state index is 9.31. The van der Waals surface area contributed by atoms with Gasteiger partial charge in [-0.2, -0.15) is 0 Å². The van der Waals surface area contributed by atoms with Crippen LogP contribution in [0.2, 0.25) is 0 Å². The number of hydrogen-bond acceptors (Lipinski definition) is 4. The van der Waals surface area contributed by atoms with E-state index in [-0.39, 0.29) is 5.60 Å². The van der Waals surface area contributed by atoms with Crippen molar-refractivity contribution in [3.63, 3.8) is 0 Å². The molecule has 0 radical (unpaired) electrons. The van der Waals surface area contributed by atoms with Crippen LogP contribution in [0.4, 0.5) is 0 Å². The van der Waals surface area contributed by atoms with Crippen molar-refractivity contribution in [1.82, 2.24) is 0 Å². The summed E-state index contributed by atoms with van der Waals surface area (Å²) in [6.07, 6.45) is 3.88. The molecule has 2 aliphatic rings. The Kier molecular flexibility index (Phi) is 3.45. The number of nitrogens with zero attached hydrogens (tertiary/aromatic N) is 1. The highest BCUT2D eigenvalue weighted by Gasteiger charge is 2.44. The smallest absolute Gasteiger partial charge is 0.133 e. The van der Waals surface area contributed by atoms with E-state index < -0.39 is 0 Å². The average Bonchev–Trinajstić information content (AvgIpc) is 2.58. The number of fused-ring (bicyclic) bond motifs is 1. The molecule has 0 saturated heterocycles. The second-order valence-electron chi connectivity index (χ2n) is 6.29. The van der Waals surface area contributed by atoms with Crippen LogP contribution >= 0.6 is 0 Å². The van der Waals surface area contributed by atoms with Crippen LogP contribution < -0.4 is 9.47 Å².